The minimum atomic E-state index is -1.12. The van der Waals surface area contributed by atoms with Crippen LogP contribution in [0.25, 0.3) is 16.6 Å². The highest BCUT2D eigenvalue weighted by molar-refractivity contribution is 5.98. The van der Waals surface area contributed by atoms with Crippen molar-refractivity contribution < 1.29 is 19.4 Å². The second-order valence-corrected chi connectivity index (χ2v) is 8.61. The van der Waals surface area contributed by atoms with Gasteiger partial charge in [-0.2, -0.15) is 0 Å². The lowest BCUT2D eigenvalue weighted by Crippen LogP contribution is -2.61. The zero-order valence-corrected chi connectivity index (χ0v) is 17.2. The Labute approximate surface area is 174 Å². The number of hydrogen-bond acceptors (Lipinski definition) is 6. The number of nitrogens with zero attached hydrogens (tertiary/aromatic N) is 3. The number of fused-ring (bicyclic) bond motifs is 5. The highest BCUT2D eigenvalue weighted by Gasteiger charge is 2.56. The first-order valence-electron chi connectivity index (χ1n) is 10.3. The third-order valence-corrected chi connectivity index (χ3v) is 6.69. The first-order chi connectivity index (χ1) is 14.4. The standard InChI is InChI=1S/C23H23N3O4/c1-4-23(28)16-9-18-19-14(10-26(18)21-15(16)11-29-22(23)30-21)8-13-7-12(20(27)25(2)3)5-6-17(13)24-19/h5-9,21-22,28H,4,10-11H2,1-3H3/t21?,22?,23-/m0/s1. The molecule has 1 amide bonds. The molecule has 1 N–H and O–H groups in total. The Morgan fingerprint density at radius 2 is 2.20 bits per heavy atom. The van der Waals surface area contributed by atoms with Crippen molar-refractivity contribution in [2.24, 2.45) is 0 Å². The van der Waals surface area contributed by atoms with Gasteiger partial charge in [-0.15, -0.1) is 0 Å². The summed E-state index contributed by atoms with van der Waals surface area (Å²) in [7, 11) is 3.50. The van der Waals surface area contributed by atoms with Gasteiger partial charge in [0, 0.05) is 37.2 Å². The van der Waals surface area contributed by atoms with Crippen LogP contribution in [0.4, 0.5) is 0 Å². The number of pyridine rings is 1. The molecule has 3 atom stereocenters. The third-order valence-electron chi connectivity index (χ3n) is 6.69. The zero-order valence-electron chi connectivity index (χ0n) is 17.2. The van der Waals surface area contributed by atoms with Crippen LogP contribution in [0.2, 0.25) is 0 Å². The van der Waals surface area contributed by atoms with E-state index in [1.165, 1.54) is 0 Å². The van der Waals surface area contributed by atoms with Crippen LogP contribution in [-0.4, -0.2) is 64.6 Å². The van der Waals surface area contributed by atoms with Crippen molar-refractivity contribution in [3.8, 4) is 0 Å². The van der Waals surface area contributed by atoms with Gasteiger partial charge in [0.2, 0.25) is 0 Å². The quantitative estimate of drug-likeness (QED) is 0.826. The molecule has 0 radical (unpaired) electrons. The molecule has 0 saturated carbocycles. The first kappa shape index (κ1) is 18.1. The van der Waals surface area contributed by atoms with E-state index in [9.17, 15) is 9.90 Å². The molecule has 7 heteroatoms. The summed E-state index contributed by atoms with van der Waals surface area (Å²) in [4.78, 5) is 21.0. The molecule has 5 aliphatic heterocycles. The smallest absolute Gasteiger partial charge is 0.253 e. The van der Waals surface area contributed by atoms with Crippen molar-refractivity contribution in [3.63, 3.8) is 0 Å². The lowest BCUT2D eigenvalue weighted by atomic mass is 9.79. The van der Waals surface area contributed by atoms with Gasteiger partial charge >= 0.3 is 0 Å². The van der Waals surface area contributed by atoms with Crippen LogP contribution in [0, 0.1) is 0 Å². The van der Waals surface area contributed by atoms with Crippen LogP contribution >= 0.6 is 0 Å². The fourth-order valence-corrected chi connectivity index (χ4v) is 5.03. The summed E-state index contributed by atoms with van der Waals surface area (Å²) in [5.41, 5.74) is 5.29. The highest BCUT2D eigenvalue weighted by Crippen LogP contribution is 2.51. The third kappa shape index (κ3) is 2.20. The summed E-state index contributed by atoms with van der Waals surface area (Å²) in [6, 6.07) is 7.74. The number of benzene rings is 1. The van der Waals surface area contributed by atoms with Crippen molar-refractivity contribution >= 4 is 22.5 Å². The van der Waals surface area contributed by atoms with Crippen LogP contribution in [0.1, 0.15) is 35.0 Å². The number of carbonyl (C=O) groups excluding carboxylic acids is 1. The Hall–Kier alpha value is -2.74. The maximum Gasteiger partial charge on any atom is 0.253 e. The van der Waals surface area contributed by atoms with Gasteiger partial charge in [-0.25, -0.2) is 4.98 Å². The predicted octanol–water partition coefficient (Wildman–Crippen LogP) is 2.26. The van der Waals surface area contributed by atoms with E-state index in [1.54, 1.807) is 19.0 Å². The maximum absolute atomic E-state index is 12.3. The molecule has 7 rings (SSSR count). The summed E-state index contributed by atoms with van der Waals surface area (Å²) >= 11 is 0. The number of hydrogen-bond donors (Lipinski definition) is 1. The number of aliphatic hydroxyl groups is 1. The molecular weight excluding hydrogens is 382 g/mol. The van der Waals surface area contributed by atoms with Gasteiger partial charge in [0.05, 0.1) is 23.5 Å². The molecule has 2 unspecified atom stereocenters. The molecule has 1 aromatic carbocycles. The van der Waals surface area contributed by atoms with Gasteiger partial charge in [0.25, 0.3) is 5.91 Å². The van der Waals surface area contributed by atoms with Gasteiger partial charge in [-0.3, -0.25) is 4.79 Å². The average Bonchev–Trinajstić information content (AvgIpc) is 3.11. The van der Waals surface area contributed by atoms with E-state index in [1.807, 2.05) is 25.1 Å². The molecule has 154 valence electrons. The molecule has 7 nitrogen and oxygen atoms in total. The van der Waals surface area contributed by atoms with Crippen LogP contribution in [-0.2, 0) is 16.0 Å². The number of ether oxygens (including phenoxy) is 2. The second kappa shape index (κ2) is 5.91. The number of amides is 1. The van der Waals surface area contributed by atoms with Crippen molar-refractivity contribution in [3.05, 3.63) is 58.3 Å². The van der Waals surface area contributed by atoms with Gasteiger partial charge < -0.3 is 24.4 Å². The van der Waals surface area contributed by atoms with E-state index in [-0.39, 0.29) is 12.1 Å². The van der Waals surface area contributed by atoms with Crippen LogP contribution in [0.15, 0.2) is 41.5 Å². The second-order valence-electron chi connectivity index (χ2n) is 8.61. The van der Waals surface area contributed by atoms with Crippen molar-refractivity contribution in [1.29, 1.82) is 0 Å². The van der Waals surface area contributed by atoms with Crippen molar-refractivity contribution in [1.82, 2.24) is 14.8 Å². The Morgan fingerprint density at radius 1 is 1.37 bits per heavy atom. The van der Waals surface area contributed by atoms with E-state index < -0.39 is 11.9 Å². The van der Waals surface area contributed by atoms with Gasteiger partial charge in [0.1, 0.15) is 5.60 Å². The van der Waals surface area contributed by atoms with E-state index in [2.05, 4.69) is 17.0 Å². The highest BCUT2D eigenvalue weighted by atomic mass is 16.7. The van der Waals surface area contributed by atoms with Crippen LogP contribution in [0.3, 0.4) is 0 Å². The molecule has 1 aromatic heterocycles. The Bertz CT molecular complexity index is 1180. The van der Waals surface area contributed by atoms with E-state index in [4.69, 9.17) is 14.5 Å². The SMILES string of the molecule is CC[C@]1(O)C2=C3COC1OC3N1Cc3cc4cc(C(=O)N(C)C)ccc4nc3C1=C2. The summed E-state index contributed by atoms with van der Waals surface area (Å²) in [6.45, 7) is 3.10. The van der Waals surface area contributed by atoms with Crippen LogP contribution in [0.5, 0.6) is 0 Å². The topological polar surface area (TPSA) is 75.1 Å². The first-order valence-corrected chi connectivity index (χ1v) is 10.3. The number of carbonyl (C=O) groups is 1. The van der Waals surface area contributed by atoms with E-state index >= 15 is 0 Å². The van der Waals surface area contributed by atoms with Crippen molar-refractivity contribution in [2.45, 2.75) is 38.0 Å². The Balaban J connectivity index is 1.48. The minimum absolute atomic E-state index is 0.0256. The summed E-state index contributed by atoms with van der Waals surface area (Å²) < 4.78 is 11.9. The fraction of sp³-hybridized carbons (Fsp3) is 0.391. The molecule has 2 aromatic rings. The summed E-state index contributed by atoms with van der Waals surface area (Å²) in [6.07, 6.45) is 1.72. The molecule has 5 aliphatic rings. The monoisotopic (exact) mass is 405 g/mol. The molecule has 1 saturated heterocycles. The molecule has 6 heterocycles. The molecule has 4 bridgehead atoms. The normalized spacial score (nSPS) is 28.5. The van der Waals surface area contributed by atoms with Gasteiger partial charge in [0.15, 0.2) is 12.5 Å². The van der Waals surface area contributed by atoms with E-state index in [0.717, 1.165) is 39.0 Å². The zero-order chi connectivity index (χ0) is 20.8. The van der Waals surface area contributed by atoms with Crippen LogP contribution < -0.4 is 0 Å². The summed E-state index contributed by atoms with van der Waals surface area (Å²) in [5, 5.41) is 12.2. The lowest BCUT2D eigenvalue weighted by Gasteiger charge is -2.53. The van der Waals surface area contributed by atoms with Crippen molar-refractivity contribution in [2.75, 3.05) is 20.7 Å². The predicted molar refractivity (Wildman–Crippen MR) is 110 cm³/mol. The van der Waals surface area contributed by atoms with E-state index in [0.29, 0.717) is 25.1 Å². The largest absolute Gasteiger partial charge is 0.380 e. The Morgan fingerprint density at radius 3 is 2.97 bits per heavy atom. The van der Waals surface area contributed by atoms with Gasteiger partial charge in [-0.05, 0) is 47.9 Å². The fourth-order valence-electron chi connectivity index (χ4n) is 5.03. The molecule has 30 heavy (non-hydrogen) atoms. The average molecular weight is 405 g/mol. The lowest BCUT2D eigenvalue weighted by molar-refractivity contribution is -0.291. The number of rotatable bonds is 2. The molecule has 0 spiro atoms. The molecular formula is C23H23N3O4. The number of aromatic nitrogens is 1. The molecule has 1 fully saturated rings. The van der Waals surface area contributed by atoms with Gasteiger partial charge in [-0.1, -0.05) is 6.92 Å². The minimum Gasteiger partial charge on any atom is -0.380 e. The summed E-state index contributed by atoms with van der Waals surface area (Å²) in [5.74, 6) is -0.0256. The molecule has 0 aliphatic carbocycles. The Kier molecular flexibility index (Phi) is 3.56. The maximum atomic E-state index is 12.3.